The molecule has 0 bridgehead atoms. The molecular weight excluding hydrogens is 263 g/mol. The molecule has 0 aromatic heterocycles. The van der Waals surface area contributed by atoms with Crippen LogP contribution in [-0.2, 0) is 9.33 Å². The van der Waals surface area contributed by atoms with E-state index >= 15 is 0 Å². The van der Waals surface area contributed by atoms with Crippen molar-refractivity contribution in [3.05, 3.63) is 30.1 Å². The molecule has 0 spiro atoms. The van der Waals surface area contributed by atoms with E-state index in [4.69, 9.17) is 13.0 Å². The minimum Gasteiger partial charge on any atom is -0.273 e. The van der Waals surface area contributed by atoms with Crippen molar-refractivity contribution in [3.8, 4) is 0 Å². The molecule has 0 aliphatic rings. The summed E-state index contributed by atoms with van der Waals surface area (Å²) in [5, 5.41) is 0. The monoisotopic (exact) mass is 272 g/mol. The fourth-order valence-corrected chi connectivity index (χ4v) is 1.43. The van der Waals surface area contributed by atoms with Crippen LogP contribution in [0.4, 0.5) is 4.39 Å². The van der Waals surface area contributed by atoms with Gasteiger partial charge >= 0.3 is 9.33 Å². The van der Waals surface area contributed by atoms with Gasteiger partial charge in [-0.15, -0.1) is 11.8 Å². The first-order valence-corrected chi connectivity index (χ1v) is 7.13. The highest BCUT2D eigenvalue weighted by Crippen LogP contribution is 2.17. The predicted octanol–water partition coefficient (Wildman–Crippen LogP) is 2.97. The number of benzene rings is 1. The van der Waals surface area contributed by atoms with E-state index in [-0.39, 0.29) is 5.82 Å². The lowest BCUT2D eigenvalue weighted by molar-refractivity contribution is 0.501. The third kappa shape index (κ3) is 11.6. The summed E-state index contributed by atoms with van der Waals surface area (Å²) in [5.41, 5.74) is 0. The van der Waals surface area contributed by atoms with E-state index < -0.39 is 9.33 Å². The zero-order valence-electron chi connectivity index (χ0n) is 7.85. The van der Waals surface area contributed by atoms with E-state index in [1.54, 1.807) is 23.9 Å². The Labute approximate surface area is 96.9 Å². The van der Waals surface area contributed by atoms with Crippen molar-refractivity contribution in [3.63, 3.8) is 0 Å². The van der Waals surface area contributed by atoms with Crippen LogP contribution in [0.2, 0.25) is 0 Å². The zero-order valence-corrected chi connectivity index (χ0v) is 10.2. The average molecular weight is 273 g/mol. The zero-order chi connectivity index (χ0) is 11.9. The molecule has 0 radical (unpaired) electrons. The maximum absolute atomic E-state index is 12.5. The van der Waals surface area contributed by atoms with E-state index in [1.807, 2.05) is 6.07 Å². The SMILES string of the molecule is CCSc1cccc(F)c1.O=S(=O)(O)Cl. The summed E-state index contributed by atoms with van der Waals surface area (Å²) in [4.78, 5) is 1.00. The van der Waals surface area contributed by atoms with Crippen LogP contribution in [0.25, 0.3) is 0 Å². The highest BCUT2D eigenvalue weighted by molar-refractivity contribution is 8.09. The largest absolute Gasteiger partial charge is 0.353 e. The number of thioether (sulfide) groups is 1. The molecule has 0 aliphatic carbocycles. The fourth-order valence-electron chi connectivity index (χ4n) is 0.723. The van der Waals surface area contributed by atoms with E-state index in [0.717, 1.165) is 10.6 Å². The first kappa shape index (κ1) is 14.7. The van der Waals surface area contributed by atoms with Crippen molar-refractivity contribution in [1.29, 1.82) is 0 Å². The maximum Gasteiger partial charge on any atom is 0.353 e. The summed E-state index contributed by atoms with van der Waals surface area (Å²) in [7, 11) is -0.137. The highest BCUT2D eigenvalue weighted by atomic mass is 35.7. The Kier molecular flexibility index (Phi) is 6.91. The van der Waals surface area contributed by atoms with E-state index in [2.05, 4.69) is 17.6 Å². The molecule has 1 N–H and O–H groups in total. The lowest BCUT2D eigenvalue weighted by atomic mass is 10.4. The van der Waals surface area contributed by atoms with Crippen LogP contribution in [0.15, 0.2) is 29.2 Å². The molecule has 1 aromatic carbocycles. The normalized spacial score (nSPS) is 10.4. The molecule has 0 aliphatic heterocycles. The molecule has 7 heteroatoms. The molecule has 1 rings (SSSR count). The minimum atomic E-state index is -4.19. The van der Waals surface area contributed by atoms with Crippen LogP contribution < -0.4 is 0 Å². The number of rotatable bonds is 2. The second-order valence-corrected chi connectivity index (χ2v) is 5.63. The van der Waals surface area contributed by atoms with Gasteiger partial charge in [-0.25, -0.2) is 4.39 Å². The summed E-state index contributed by atoms with van der Waals surface area (Å²) >= 11 is 1.65. The van der Waals surface area contributed by atoms with Gasteiger partial charge in [0.25, 0.3) is 0 Å². The van der Waals surface area contributed by atoms with Gasteiger partial charge in [-0.05, 0) is 24.0 Å². The standard InChI is InChI=1S/C8H9FS.ClHO3S/c1-2-10-8-5-3-4-7(9)6-8;1-5(2,3)4/h3-6H,2H2,1H3;(H,2,3,4). The molecule has 0 fully saturated rings. The van der Waals surface area contributed by atoms with Crippen LogP contribution in [0.3, 0.4) is 0 Å². The molecule has 0 atom stereocenters. The topological polar surface area (TPSA) is 54.4 Å². The quantitative estimate of drug-likeness (QED) is 0.511. The summed E-state index contributed by atoms with van der Waals surface area (Å²) in [6.45, 7) is 2.05. The van der Waals surface area contributed by atoms with Gasteiger partial charge in [0.05, 0.1) is 0 Å². The van der Waals surface area contributed by atoms with Crippen molar-refractivity contribution in [2.24, 2.45) is 0 Å². The van der Waals surface area contributed by atoms with Crippen molar-refractivity contribution in [2.75, 3.05) is 5.75 Å². The number of halogens is 2. The fraction of sp³-hybridized carbons (Fsp3) is 0.250. The van der Waals surface area contributed by atoms with Crippen molar-refractivity contribution < 1.29 is 17.4 Å². The first-order chi connectivity index (χ1) is 6.83. The summed E-state index contributed by atoms with van der Waals surface area (Å²) in [6, 6.07) is 6.65. The lowest BCUT2D eigenvalue weighted by Crippen LogP contribution is -1.77. The first-order valence-electron chi connectivity index (χ1n) is 3.88. The van der Waals surface area contributed by atoms with Crippen LogP contribution in [0.1, 0.15) is 6.92 Å². The van der Waals surface area contributed by atoms with Crippen LogP contribution in [0.5, 0.6) is 0 Å². The van der Waals surface area contributed by atoms with Gasteiger partial charge in [-0.3, -0.25) is 4.55 Å². The van der Waals surface area contributed by atoms with Gasteiger partial charge < -0.3 is 0 Å². The molecule has 86 valence electrons. The Bertz CT molecular complexity index is 387. The molecular formula is C8H10ClFO3S2. The van der Waals surface area contributed by atoms with Crippen molar-refractivity contribution in [1.82, 2.24) is 0 Å². The van der Waals surface area contributed by atoms with Crippen LogP contribution >= 0.6 is 22.4 Å². The van der Waals surface area contributed by atoms with Crippen LogP contribution in [0, 0.1) is 5.82 Å². The Balaban J connectivity index is 0.000000336. The Hall–Kier alpha value is -0.300. The Morgan fingerprint density at radius 1 is 1.53 bits per heavy atom. The Morgan fingerprint density at radius 3 is 2.47 bits per heavy atom. The molecule has 0 saturated heterocycles. The summed E-state index contributed by atoms with van der Waals surface area (Å²) in [5.74, 6) is 0.835. The molecule has 3 nitrogen and oxygen atoms in total. The average Bonchev–Trinajstić information content (AvgIpc) is 2.01. The molecule has 15 heavy (non-hydrogen) atoms. The van der Waals surface area contributed by atoms with Gasteiger partial charge in [-0.1, -0.05) is 13.0 Å². The van der Waals surface area contributed by atoms with Crippen LogP contribution in [-0.4, -0.2) is 18.7 Å². The molecule has 0 unspecified atom stereocenters. The van der Waals surface area contributed by atoms with E-state index in [0.29, 0.717) is 0 Å². The predicted molar refractivity (Wildman–Crippen MR) is 60.2 cm³/mol. The highest BCUT2D eigenvalue weighted by Gasteiger charge is 1.92. The van der Waals surface area contributed by atoms with Crippen molar-refractivity contribution in [2.45, 2.75) is 11.8 Å². The lowest BCUT2D eigenvalue weighted by Gasteiger charge is -1.95. The van der Waals surface area contributed by atoms with Gasteiger partial charge in [0.2, 0.25) is 0 Å². The smallest absolute Gasteiger partial charge is 0.273 e. The van der Waals surface area contributed by atoms with E-state index in [9.17, 15) is 4.39 Å². The second kappa shape index (κ2) is 7.05. The van der Waals surface area contributed by atoms with Gasteiger partial charge in [0.15, 0.2) is 0 Å². The number of hydrogen-bond donors (Lipinski definition) is 1. The van der Waals surface area contributed by atoms with E-state index in [1.165, 1.54) is 6.07 Å². The van der Waals surface area contributed by atoms with Gasteiger partial charge in [-0.2, -0.15) is 8.42 Å². The minimum absolute atomic E-state index is 0.154. The molecule has 0 heterocycles. The molecule has 0 saturated carbocycles. The van der Waals surface area contributed by atoms with Crippen molar-refractivity contribution >= 4 is 31.8 Å². The molecule has 1 aromatic rings. The third-order valence-electron chi connectivity index (χ3n) is 1.11. The van der Waals surface area contributed by atoms with Gasteiger partial charge in [0, 0.05) is 15.6 Å². The maximum atomic E-state index is 12.5. The summed E-state index contributed by atoms with van der Waals surface area (Å²) in [6.07, 6.45) is 0. The molecule has 0 amide bonds. The van der Waals surface area contributed by atoms with Gasteiger partial charge in [0.1, 0.15) is 5.82 Å². The summed E-state index contributed by atoms with van der Waals surface area (Å²) < 4.78 is 37.6. The number of hydrogen-bond acceptors (Lipinski definition) is 3. The second-order valence-electron chi connectivity index (χ2n) is 2.30. The Morgan fingerprint density at radius 2 is 2.07 bits per heavy atom. The third-order valence-corrected chi connectivity index (χ3v) is 1.98.